The van der Waals surface area contributed by atoms with Gasteiger partial charge in [-0.2, -0.15) is 0 Å². The fourth-order valence-corrected chi connectivity index (χ4v) is 1.98. The zero-order valence-corrected chi connectivity index (χ0v) is 9.53. The summed E-state index contributed by atoms with van der Waals surface area (Å²) < 4.78 is 18.9. The SMILES string of the molecule is C[C@H]1COCCN(Cc2ccncc2F)C1. The minimum Gasteiger partial charge on any atom is -0.380 e. The molecule has 1 atom stereocenters. The number of hydrogen-bond donors (Lipinski definition) is 0. The van der Waals surface area contributed by atoms with Crippen LogP contribution in [0.4, 0.5) is 4.39 Å². The van der Waals surface area contributed by atoms with Crippen LogP contribution in [0.2, 0.25) is 0 Å². The zero-order chi connectivity index (χ0) is 11.4. The molecular weight excluding hydrogens is 207 g/mol. The van der Waals surface area contributed by atoms with Gasteiger partial charge in [-0.25, -0.2) is 4.39 Å². The second kappa shape index (κ2) is 5.37. The average Bonchev–Trinajstić information content (AvgIpc) is 2.46. The molecule has 1 aliphatic rings. The van der Waals surface area contributed by atoms with Gasteiger partial charge in [-0.3, -0.25) is 9.88 Å². The van der Waals surface area contributed by atoms with Crippen molar-refractivity contribution in [1.82, 2.24) is 9.88 Å². The van der Waals surface area contributed by atoms with Gasteiger partial charge in [0, 0.05) is 31.4 Å². The molecule has 0 amide bonds. The number of ether oxygens (including phenoxy) is 1. The van der Waals surface area contributed by atoms with E-state index < -0.39 is 0 Å². The Labute approximate surface area is 95.2 Å². The summed E-state index contributed by atoms with van der Waals surface area (Å²) in [6.07, 6.45) is 2.91. The number of hydrogen-bond acceptors (Lipinski definition) is 3. The summed E-state index contributed by atoms with van der Waals surface area (Å²) in [4.78, 5) is 5.99. The van der Waals surface area contributed by atoms with Crippen molar-refractivity contribution in [3.05, 3.63) is 29.8 Å². The van der Waals surface area contributed by atoms with E-state index in [1.807, 2.05) is 0 Å². The van der Waals surface area contributed by atoms with E-state index in [4.69, 9.17) is 4.74 Å². The first-order chi connectivity index (χ1) is 7.75. The van der Waals surface area contributed by atoms with E-state index in [9.17, 15) is 4.39 Å². The van der Waals surface area contributed by atoms with Gasteiger partial charge in [-0.05, 0) is 12.0 Å². The Morgan fingerprint density at radius 2 is 2.50 bits per heavy atom. The maximum Gasteiger partial charge on any atom is 0.145 e. The van der Waals surface area contributed by atoms with E-state index in [-0.39, 0.29) is 5.82 Å². The molecule has 3 nitrogen and oxygen atoms in total. The summed E-state index contributed by atoms with van der Waals surface area (Å²) in [6, 6.07) is 1.74. The van der Waals surface area contributed by atoms with E-state index in [1.165, 1.54) is 6.20 Å². The van der Waals surface area contributed by atoms with Crippen LogP contribution >= 0.6 is 0 Å². The third-order valence-electron chi connectivity index (χ3n) is 2.77. The number of halogens is 1. The van der Waals surface area contributed by atoms with Gasteiger partial charge in [0.25, 0.3) is 0 Å². The average molecular weight is 224 g/mol. The predicted octanol–water partition coefficient (Wildman–Crippen LogP) is 1.69. The van der Waals surface area contributed by atoms with Crippen LogP contribution in [-0.4, -0.2) is 36.2 Å². The van der Waals surface area contributed by atoms with Crippen LogP contribution in [0.15, 0.2) is 18.5 Å². The van der Waals surface area contributed by atoms with E-state index in [1.54, 1.807) is 12.3 Å². The molecule has 4 heteroatoms. The van der Waals surface area contributed by atoms with Gasteiger partial charge in [0.2, 0.25) is 0 Å². The minimum atomic E-state index is -0.222. The van der Waals surface area contributed by atoms with Crippen LogP contribution in [0, 0.1) is 11.7 Å². The van der Waals surface area contributed by atoms with E-state index in [2.05, 4.69) is 16.8 Å². The maximum atomic E-state index is 13.4. The van der Waals surface area contributed by atoms with Crippen molar-refractivity contribution < 1.29 is 9.13 Å². The Kier molecular flexibility index (Phi) is 3.85. The van der Waals surface area contributed by atoms with Crippen LogP contribution in [0.5, 0.6) is 0 Å². The van der Waals surface area contributed by atoms with Crippen molar-refractivity contribution >= 4 is 0 Å². The second-order valence-electron chi connectivity index (χ2n) is 4.38. The second-order valence-corrected chi connectivity index (χ2v) is 4.38. The first kappa shape index (κ1) is 11.5. The summed E-state index contributed by atoms with van der Waals surface area (Å²) >= 11 is 0. The summed E-state index contributed by atoms with van der Waals surface area (Å²) in [5.41, 5.74) is 0.712. The molecule has 88 valence electrons. The van der Waals surface area contributed by atoms with Crippen LogP contribution < -0.4 is 0 Å². The molecule has 0 saturated carbocycles. The van der Waals surface area contributed by atoms with Crippen molar-refractivity contribution in [1.29, 1.82) is 0 Å². The van der Waals surface area contributed by atoms with Crippen molar-refractivity contribution in [2.45, 2.75) is 13.5 Å². The predicted molar refractivity (Wildman–Crippen MR) is 59.5 cm³/mol. The molecular formula is C12H17FN2O. The molecule has 0 aromatic carbocycles. The lowest BCUT2D eigenvalue weighted by Crippen LogP contribution is -2.29. The largest absolute Gasteiger partial charge is 0.380 e. The molecule has 2 heterocycles. The third-order valence-corrected chi connectivity index (χ3v) is 2.77. The number of nitrogens with zero attached hydrogens (tertiary/aromatic N) is 2. The van der Waals surface area contributed by atoms with Crippen LogP contribution in [0.25, 0.3) is 0 Å². The Balaban J connectivity index is 2.00. The molecule has 2 rings (SSSR count). The lowest BCUT2D eigenvalue weighted by Gasteiger charge is -2.21. The molecule has 1 saturated heterocycles. The van der Waals surface area contributed by atoms with Crippen LogP contribution in [0.1, 0.15) is 12.5 Å². The smallest absolute Gasteiger partial charge is 0.145 e. The van der Waals surface area contributed by atoms with Gasteiger partial charge in [0.15, 0.2) is 0 Å². The summed E-state index contributed by atoms with van der Waals surface area (Å²) in [7, 11) is 0. The molecule has 0 N–H and O–H groups in total. The monoisotopic (exact) mass is 224 g/mol. The van der Waals surface area contributed by atoms with Crippen molar-refractivity contribution in [3.63, 3.8) is 0 Å². The normalized spacial score (nSPS) is 23.0. The lowest BCUT2D eigenvalue weighted by molar-refractivity contribution is 0.125. The molecule has 0 radical (unpaired) electrons. The fraction of sp³-hybridized carbons (Fsp3) is 0.583. The summed E-state index contributed by atoms with van der Waals surface area (Å²) in [5.74, 6) is 0.285. The number of rotatable bonds is 2. The molecule has 1 fully saturated rings. The van der Waals surface area contributed by atoms with Gasteiger partial charge in [0.05, 0.1) is 19.4 Å². The minimum absolute atomic E-state index is 0.222. The highest BCUT2D eigenvalue weighted by atomic mass is 19.1. The first-order valence-corrected chi connectivity index (χ1v) is 5.64. The molecule has 1 aromatic heterocycles. The Morgan fingerprint density at radius 3 is 3.31 bits per heavy atom. The summed E-state index contributed by atoms with van der Waals surface area (Å²) in [5, 5.41) is 0. The Hall–Kier alpha value is -1.00. The Morgan fingerprint density at radius 1 is 1.62 bits per heavy atom. The number of aromatic nitrogens is 1. The van der Waals surface area contributed by atoms with Crippen molar-refractivity contribution in [2.24, 2.45) is 5.92 Å². The van der Waals surface area contributed by atoms with Gasteiger partial charge in [0.1, 0.15) is 5.82 Å². The first-order valence-electron chi connectivity index (χ1n) is 5.64. The maximum absolute atomic E-state index is 13.4. The van der Waals surface area contributed by atoms with E-state index in [0.29, 0.717) is 18.0 Å². The van der Waals surface area contributed by atoms with Crippen LogP contribution in [-0.2, 0) is 11.3 Å². The Bertz CT molecular complexity index is 346. The highest BCUT2D eigenvalue weighted by Gasteiger charge is 2.16. The lowest BCUT2D eigenvalue weighted by atomic mass is 10.1. The van der Waals surface area contributed by atoms with Gasteiger partial charge >= 0.3 is 0 Å². The van der Waals surface area contributed by atoms with Crippen molar-refractivity contribution in [2.75, 3.05) is 26.3 Å². The van der Waals surface area contributed by atoms with Gasteiger partial charge in [-0.15, -0.1) is 0 Å². The molecule has 0 spiro atoms. The molecule has 0 aliphatic carbocycles. The van der Waals surface area contributed by atoms with E-state index >= 15 is 0 Å². The van der Waals surface area contributed by atoms with Crippen LogP contribution in [0.3, 0.4) is 0 Å². The zero-order valence-electron chi connectivity index (χ0n) is 9.53. The summed E-state index contributed by atoms with van der Waals surface area (Å²) in [6.45, 7) is 6.16. The fourth-order valence-electron chi connectivity index (χ4n) is 1.98. The third kappa shape index (κ3) is 3.00. The van der Waals surface area contributed by atoms with Crippen molar-refractivity contribution in [3.8, 4) is 0 Å². The molecule has 16 heavy (non-hydrogen) atoms. The topological polar surface area (TPSA) is 25.4 Å². The standard InChI is InChI=1S/C12H17FN2O/c1-10-7-15(4-5-16-9-10)8-11-2-3-14-6-12(11)13/h2-3,6,10H,4-5,7-9H2,1H3/t10-/m1/s1. The molecule has 0 unspecified atom stereocenters. The molecule has 1 aromatic rings. The van der Waals surface area contributed by atoms with Gasteiger partial charge < -0.3 is 4.74 Å². The van der Waals surface area contributed by atoms with E-state index in [0.717, 1.165) is 26.3 Å². The quantitative estimate of drug-likeness (QED) is 0.764. The number of pyridine rings is 1. The van der Waals surface area contributed by atoms with Gasteiger partial charge in [-0.1, -0.05) is 6.92 Å². The molecule has 0 bridgehead atoms. The highest BCUT2D eigenvalue weighted by Crippen LogP contribution is 2.12. The highest BCUT2D eigenvalue weighted by molar-refractivity contribution is 5.12. The molecule has 1 aliphatic heterocycles.